The molecule has 1 aromatic rings. The van der Waals surface area contributed by atoms with Gasteiger partial charge in [-0.2, -0.15) is 0 Å². The number of benzene rings is 1. The predicted octanol–water partition coefficient (Wildman–Crippen LogP) is 2.66. The molecule has 0 amide bonds. The van der Waals surface area contributed by atoms with Gasteiger partial charge in [0.15, 0.2) is 0 Å². The lowest BCUT2D eigenvalue weighted by molar-refractivity contribution is 0.356. The van der Waals surface area contributed by atoms with E-state index in [4.69, 9.17) is 4.74 Å². The van der Waals surface area contributed by atoms with Crippen molar-refractivity contribution in [2.45, 2.75) is 13.8 Å². The highest BCUT2D eigenvalue weighted by molar-refractivity contribution is 5.42. The number of phenolic OH excluding ortho intramolecular Hbond substituents is 1. The maximum absolute atomic E-state index is 9.36. The Morgan fingerprint density at radius 1 is 1.46 bits per heavy atom. The second kappa shape index (κ2) is 4.55. The minimum absolute atomic E-state index is 0.276. The van der Waals surface area contributed by atoms with Crippen molar-refractivity contribution in [2.75, 3.05) is 6.61 Å². The van der Waals surface area contributed by atoms with E-state index in [0.29, 0.717) is 6.61 Å². The molecular weight excluding hydrogens is 164 g/mol. The smallest absolute Gasteiger partial charge is 0.126 e. The van der Waals surface area contributed by atoms with Crippen LogP contribution in [0, 0.1) is 6.92 Å². The quantitative estimate of drug-likeness (QED) is 0.721. The van der Waals surface area contributed by atoms with Crippen LogP contribution < -0.4 is 4.74 Å². The van der Waals surface area contributed by atoms with Crippen LogP contribution in [0.4, 0.5) is 0 Å². The van der Waals surface area contributed by atoms with E-state index in [1.54, 1.807) is 12.1 Å². The third kappa shape index (κ3) is 2.51. The van der Waals surface area contributed by atoms with E-state index in [2.05, 4.69) is 0 Å². The highest BCUT2D eigenvalue weighted by Gasteiger charge is 2.01. The summed E-state index contributed by atoms with van der Waals surface area (Å²) in [5.74, 6) is 1.01. The number of aromatic hydroxyl groups is 1. The van der Waals surface area contributed by atoms with Gasteiger partial charge in [-0.3, -0.25) is 0 Å². The number of rotatable bonds is 3. The molecule has 2 nitrogen and oxygen atoms in total. The molecule has 0 radical (unpaired) electrons. The van der Waals surface area contributed by atoms with E-state index < -0.39 is 0 Å². The van der Waals surface area contributed by atoms with E-state index in [0.717, 1.165) is 11.3 Å². The lowest BCUT2D eigenvalue weighted by Gasteiger charge is -2.07. The fourth-order valence-corrected chi connectivity index (χ4v) is 0.993. The van der Waals surface area contributed by atoms with Crippen molar-refractivity contribution >= 4 is 0 Å². The SMILES string of the molecule is C/C=C/COc1cccc(O)c1C. The zero-order valence-corrected chi connectivity index (χ0v) is 7.95. The summed E-state index contributed by atoms with van der Waals surface area (Å²) >= 11 is 0. The Hall–Kier alpha value is -1.44. The summed E-state index contributed by atoms with van der Waals surface area (Å²) < 4.78 is 5.41. The summed E-state index contributed by atoms with van der Waals surface area (Å²) in [5.41, 5.74) is 0.784. The molecule has 0 spiro atoms. The molecule has 0 aliphatic rings. The Morgan fingerprint density at radius 2 is 2.23 bits per heavy atom. The number of hydrogen-bond donors (Lipinski definition) is 1. The minimum Gasteiger partial charge on any atom is -0.508 e. The van der Waals surface area contributed by atoms with Gasteiger partial charge in [0.25, 0.3) is 0 Å². The highest BCUT2D eigenvalue weighted by atomic mass is 16.5. The summed E-state index contributed by atoms with van der Waals surface area (Å²) in [4.78, 5) is 0. The lowest BCUT2D eigenvalue weighted by atomic mass is 10.2. The van der Waals surface area contributed by atoms with Crippen molar-refractivity contribution in [3.05, 3.63) is 35.9 Å². The van der Waals surface area contributed by atoms with Gasteiger partial charge in [0.05, 0.1) is 0 Å². The molecule has 0 unspecified atom stereocenters. The first kappa shape index (κ1) is 9.65. The second-order valence-corrected chi connectivity index (χ2v) is 2.78. The van der Waals surface area contributed by atoms with Crippen LogP contribution in [0.5, 0.6) is 11.5 Å². The van der Waals surface area contributed by atoms with Gasteiger partial charge in [-0.15, -0.1) is 0 Å². The van der Waals surface area contributed by atoms with Crippen LogP contribution in [0.3, 0.4) is 0 Å². The van der Waals surface area contributed by atoms with E-state index in [9.17, 15) is 5.11 Å². The van der Waals surface area contributed by atoms with Crippen LogP contribution >= 0.6 is 0 Å². The van der Waals surface area contributed by atoms with Crippen LogP contribution in [-0.2, 0) is 0 Å². The second-order valence-electron chi connectivity index (χ2n) is 2.78. The molecule has 0 heterocycles. The average Bonchev–Trinajstić information content (AvgIpc) is 2.13. The number of ether oxygens (including phenoxy) is 1. The first-order valence-corrected chi connectivity index (χ1v) is 4.28. The van der Waals surface area contributed by atoms with Crippen molar-refractivity contribution in [3.8, 4) is 11.5 Å². The third-order valence-corrected chi connectivity index (χ3v) is 1.83. The van der Waals surface area contributed by atoms with Crippen LogP contribution in [0.25, 0.3) is 0 Å². The van der Waals surface area contributed by atoms with Crippen LogP contribution in [0.2, 0.25) is 0 Å². The van der Waals surface area contributed by atoms with E-state index in [1.807, 2.05) is 32.1 Å². The minimum atomic E-state index is 0.276. The predicted molar refractivity (Wildman–Crippen MR) is 53.2 cm³/mol. The molecule has 70 valence electrons. The molecule has 0 atom stereocenters. The van der Waals surface area contributed by atoms with Crippen molar-refractivity contribution < 1.29 is 9.84 Å². The maximum Gasteiger partial charge on any atom is 0.126 e. The van der Waals surface area contributed by atoms with E-state index >= 15 is 0 Å². The maximum atomic E-state index is 9.36. The molecular formula is C11H14O2. The fourth-order valence-electron chi connectivity index (χ4n) is 0.993. The zero-order valence-electron chi connectivity index (χ0n) is 7.95. The molecule has 0 aromatic heterocycles. The monoisotopic (exact) mass is 178 g/mol. The van der Waals surface area contributed by atoms with Gasteiger partial charge in [-0.05, 0) is 26.0 Å². The van der Waals surface area contributed by atoms with Gasteiger partial charge in [-0.1, -0.05) is 18.2 Å². The standard InChI is InChI=1S/C11H14O2/c1-3-4-8-13-11-7-5-6-10(12)9(11)2/h3-7,12H,8H2,1-2H3/b4-3+. The molecule has 0 fully saturated rings. The first-order valence-electron chi connectivity index (χ1n) is 4.28. The van der Waals surface area contributed by atoms with Gasteiger partial charge in [-0.25, -0.2) is 0 Å². The largest absolute Gasteiger partial charge is 0.508 e. The Labute approximate surface area is 78.5 Å². The highest BCUT2D eigenvalue weighted by Crippen LogP contribution is 2.25. The summed E-state index contributed by atoms with van der Waals surface area (Å²) in [6.45, 7) is 4.32. The van der Waals surface area contributed by atoms with Gasteiger partial charge in [0, 0.05) is 5.56 Å². The molecule has 1 rings (SSSR count). The molecule has 0 saturated carbocycles. The first-order chi connectivity index (χ1) is 6.25. The summed E-state index contributed by atoms with van der Waals surface area (Å²) in [6, 6.07) is 5.27. The van der Waals surface area contributed by atoms with Crippen molar-refractivity contribution in [1.82, 2.24) is 0 Å². The molecule has 0 bridgehead atoms. The summed E-state index contributed by atoms with van der Waals surface area (Å²) in [5, 5.41) is 9.36. The van der Waals surface area contributed by atoms with Crippen LogP contribution in [0.15, 0.2) is 30.4 Å². The summed E-state index contributed by atoms with van der Waals surface area (Å²) in [6.07, 6.45) is 3.85. The zero-order chi connectivity index (χ0) is 9.68. The normalized spacial score (nSPS) is 10.6. The number of phenols is 1. The Balaban J connectivity index is 2.71. The molecule has 1 N–H and O–H groups in total. The van der Waals surface area contributed by atoms with Gasteiger partial charge < -0.3 is 9.84 Å². The third-order valence-electron chi connectivity index (χ3n) is 1.83. The van der Waals surface area contributed by atoms with Crippen molar-refractivity contribution in [2.24, 2.45) is 0 Å². The van der Waals surface area contributed by atoms with Crippen molar-refractivity contribution in [3.63, 3.8) is 0 Å². The van der Waals surface area contributed by atoms with Gasteiger partial charge in [0.1, 0.15) is 18.1 Å². The lowest BCUT2D eigenvalue weighted by Crippen LogP contribution is -1.94. The number of hydrogen-bond acceptors (Lipinski definition) is 2. The summed E-state index contributed by atoms with van der Waals surface area (Å²) in [7, 11) is 0. The molecule has 1 aromatic carbocycles. The molecule has 0 aliphatic carbocycles. The van der Waals surface area contributed by atoms with Gasteiger partial charge in [0.2, 0.25) is 0 Å². The average molecular weight is 178 g/mol. The molecule has 0 saturated heterocycles. The van der Waals surface area contributed by atoms with E-state index in [-0.39, 0.29) is 5.75 Å². The number of allylic oxidation sites excluding steroid dienone is 1. The van der Waals surface area contributed by atoms with Crippen LogP contribution in [0.1, 0.15) is 12.5 Å². The molecule has 13 heavy (non-hydrogen) atoms. The fraction of sp³-hybridized carbons (Fsp3) is 0.273. The Bertz CT molecular complexity index is 303. The van der Waals surface area contributed by atoms with E-state index in [1.165, 1.54) is 0 Å². The Kier molecular flexibility index (Phi) is 3.38. The molecule has 2 heteroatoms. The van der Waals surface area contributed by atoms with Crippen molar-refractivity contribution in [1.29, 1.82) is 0 Å². The van der Waals surface area contributed by atoms with Gasteiger partial charge >= 0.3 is 0 Å². The molecule has 0 aliphatic heterocycles. The topological polar surface area (TPSA) is 29.5 Å². The van der Waals surface area contributed by atoms with Crippen LogP contribution in [-0.4, -0.2) is 11.7 Å². The Morgan fingerprint density at radius 3 is 2.92 bits per heavy atom.